The maximum Gasteiger partial charge on any atom is 0.338 e. The normalized spacial score (nSPS) is 11.7. The lowest BCUT2D eigenvalue weighted by atomic mass is 10.1. The van der Waals surface area contributed by atoms with E-state index in [0.29, 0.717) is 12.1 Å². The van der Waals surface area contributed by atoms with Crippen molar-refractivity contribution in [3.63, 3.8) is 0 Å². The number of carbonyl (C=O) groups is 1. The van der Waals surface area contributed by atoms with Crippen molar-refractivity contribution in [1.29, 1.82) is 0 Å². The second-order valence-electron chi connectivity index (χ2n) is 7.44. The first-order valence-electron chi connectivity index (χ1n) is 8.78. The summed E-state index contributed by atoms with van der Waals surface area (Å²) in [7, 11) is 0. The quantitative estimate of drug-likeness (QED) is 0.709. The Bertz CT molecular complexity index is 905. The monoisotopic (exact) mass is 351 g/mol. The highest BCUT2D eigenvalue weighted by Gasteiger charge is 2.17. The van der Waals surface area contributed by atoms with Gasteiger partial charge in [-0.3, -0.25) is 0 Å². The minimum atomic E-state index is -0.482. The third-order valence-corrected chi connectivity index (χ3v) is 4.03. The van der Waals surface area contributed by atoms with Crippen LogP contribution in [-0.4, -0.2) is 21.0 Å². The summed E-state index contributed by atoms with van der Waals surface area (Å²) in [5, 5.41) is 3.43. The van der Waals surface area contributed by atoms with Gasteiger partial charge in [-0.2, -0.15) is 0 Å². The maximum absolute atomic E-state index is 12.0. The molecule has 2 heterocycles. The molecule has 26 heavy (non-hydrogen) atoms. The lowest BCUT2D eigenvalue weighted by molar-refractivity contribution is 0.00695. The molecule has 3 aromatic rings. The third-order valence-electron chi connectivity index (χ3n) is 4.03. The smallest absolute Gasteiger partial charge is 0.338 e. The zero-order chi connectivity index (χ0) is 18.7. The lowest BCUT2D eigenvalue weighted by Gasteiger charge is -2.19. The first-order chi connectivity index (χ1) is 12.3. The van der Waals surface area contributed by atoms with Crippen LogP contribution in [0.1, 0.15) is 48.0 Å². The Labute approximate surface area is 154 Å². The van der Waals surface area contributed by atoms with Crippen molar-refractivity contribution in [2.45, 2.75) is 46.4 Å². The highest BCUT2D eigenvalue weighted by atomic mass is 16.6. The number of nitrogens with one attached hydrogen (secondary N) is 1. The highest BCUT2D eigenvalue weighted by Crippen LogP contribution is 2.14. The summed E-state index contributed by atoms with van der Waals surface area (Å²) in [6.45, 7) is 9.10. The fraction of sp³-hybridized carbons (Fsp3) is 0.333. The van der Waals surface area contributed by atoms with E-state index in [1.54, 1.807) is 0 Å². The number of aromatic nitrogens is 2. The maximum atomic E-state index is 12.0. The molecule has 0 fully saturated rings. The second-order valence-corrected chi connectivity index (χ2v) is 7.44. The minimum absolute atomic E-state index is 0.293. The number of carbonyl (C=O) groups excluding carboxylic acids is 1. The summed E-state index contributed by atoms with van der Waals surface area (Å²) in [5.41, 5.74) is 4.48. The number of esters is 1. The summed E-state index contributed by atoms with van der Waals surface area (Å²) in [5.74, 6) is -0.293. The van der Waals surface area contributed by atoms with E-state index in [9.17, 15) is 4.79 Å². The Morgan fingerprint density at radius 2 is 1.88 bits per heavy atom. The van der Waals surface area contributed by atoms with Gasteiger partial charge in [-0.05, 0) is 57.0 Å². The molecule has 0 aliphatic heterocycles. The third kappa shape index (κ3) is 4.29. The number of hydrogen-bond donors (Lipinski definition) is 1. The molecule has 0 atom stereocenters. The number of rotatable bonds is 5. The van der Waals surface area contributed by atoms with Crippen molar-refractivity contribution in [2.75, 3.05) is 0 Å². The van der Waals surface area contributed by atoms with E-state index in [4.69, 9.17) is 4.74 Å². The van der Waals surface area contributed by atoms with Crippen LogP contribution < -0.4 is 5.32 Å². The van der Waals surface area contributed by atoms with Crippen molar-refractivity contribution in [3.8, 4) is 0 Å². The molecule has 0 aliphatic carbocycles. The molecular weight excluding hydrogens is 326 g/mol. The predicted molar refractivity (Wildman–Crippen MR) is 102 cm³/mol. The molecule has 136 valence electrons. The van der Waals surface area contributed by atoms with Crippen molar-refractivity contribution in [2.24, 2.45) is 0 Å². The number of imidazole rings is 1. The number of pyridine rings is 1. The predicted octanol–water partition coefficient (Wildman–Crippen LogP) is 3.89. The fourth-order valence-corrected chi connectivity index (χ4v) is 2.76. The number of nitrogens with zero attached hydrogens (tertiary/aromatic N) is 2. The Kier molecular flexibility index (Phi) is 5.09. The van der Waals surface area contributed by atoms with Crippen LogP contribution in [-0.2, 0) is 17.8 Å². The highest BCUT2D eigenvalue weighted by molar-refractivity contribution is 5.89. The number of aryl methyl sites for hydroxylation is 1. The van der Waals surface area contributed by atoms with Crippen molar-refractivity contribution >= 4 is 11.6 Å². The Morgan fingerprint density at radius 1 is 1.15 bits per heavy atom. The van der Waals surface area contributed by atoms with Gasteiger partial charge in [0.2, 0.25) is 0 Å². The van der Waals surface area contributed by atoms with E-state index < -0.39 is 5.60 Å². The van der Waals surface area contributed by atoms with Gasteiger partial charge in [0.1, 0.15) is 11.2 Å². The van der Waals surface area contributed by atoms with Crippen LogP contribution in [0.25, 0.3) is 5.65 Å². The van der Waals surface area contributed by atoms with Crippen molar-refractivity contribution in [1.82, 2.24) is 14.7 Å². The van der Waals surface area contributed by atoms with Gasteiger partial charge >= 0.3 is 5.97 Å². The van der Waals surface area contributed by atoms with Gasteiger partial charge in [0, 0.05) is 19.3 Å². The van der Waals surface area contributed by atoms with E-state index in [2.05, 4.69) is 27.7 Å². The standard InChI is InChI=1S/C21H25N3O2/c1-15-6-5-11-24-18(14-23-19(15)24)13-22-12-16-7-9-17(10-8-16)20(25)26-21(2,3)4/h5-11,14,22H,12-13H2,1-4H3. The first kappa shape index (κ1) is 18.1. The average molecular weight is 351 g/mol. The van der Waals surface area contributed by atoms with Crippen LogP contribution in [0.3, 0.4) is 0 Å². The van der Waals surface area contributed by atoms with Crippen LogP contribution in [0.5, 0.6) is 0 Å². The topological polar surface area (TPSA) is 55.6 Å². The van der Waals surface area contributed by atoms with E-state index in [1.165, 1.54) is 0 Å². The molecule has 0 spiro atoms. The Balaban J connectivity index is 1.58. The molecule has 0 bridgehead atoms. The van der Waals surface area contributed by atoms with Crippen LogP contribution in [0.2, 0.25) is 0 Å². The van der Waals surface area contributed by atoms with E-state index >= 15 is 0 Å². The molecule has 0 saturated heterocycles. The molecule has 0 unspecified atom stereocenters. The van der Waals surface area contributed by atoms with E-state index in [0.717, 1.165) is 29.0 Å². The van der Waals surface area contributed by atoms with Gasteiger partial charge in [0.25, 0.3) is 0 Å². The fourth-order valence-electron chi connectivity index (χ4n) is 2.76. The SMILES string of the molecule is Cc1cccn2c(CNCc3ccc(C(=O)OC(C)(C)C)cc3)cnc12. The summed E-state index contributed by atoms with van der Waals surface area (Å²) in [4.78, 5) is 16.5. The molecular formula is C21H25N3O2. The lowest BCUT2D eigenvalue weighted by Crippen LogP contribution is -2.23. The molecule has 0 saturated carbocycles. The molecule has 3 rings (SSSR count). The second kappa shape index (κ2) is 7.30. The van der Waals surface area contributed by atoms with E-state index in [1.807, 2.05) is 63.5 Å². The minimum Gasteiger partial charge on any atom is -0.456 e. The molecule has 5 heteroatoms. The molecule has 0 aliphatic rings. The van der Waals surface area contributed by atoms with Crippen molar-refractivity contribution in [3.05, 3.63) is 71.2 Å². The summed E-state index contributed by atoms with van der Waals surface area (Å²) < 4.78 is 7.49. The first-order valence-corrected chi connectivity index (χ1v) is 8.78. The summed E-state index contributed by atoms with van der Waals surface area (Å²) >= 11 is 0. The van der Waals surface area contributed by atoms with Gasteiger partial charge in [0.15, 0.2) is 0 Å². The summed E-state index contributed by atoms with van der Waals surface area (Å²) in [6, 6.07) is 11.6. The number of benzene rings is 1. The largest absolute Gasteiger partial charge is 0.456 e. The zero-order valence-electron chi connectivity index (χ0n) is 15.7. The Morgan fingerprint density at radius 3 is 2.58 bits per heavy atom. The van der Waals surface area contributed by atoms with Crippen molar-refractivity contribution < 1.29 is 9.53 Å². The van der Waals surface area contributed by atoms with Crippen LogP contribution in [0.15, 0.2) is 48.8 Å². The van der Waals surface area contributed by atoms with Gasteiger partial charge < -0.3 is 14.5 Å². The Hall–Kier alpha value is -2.66. The molecule has 2 aromatic heterocycles. The van der Waals surface area contributed by atoms with Gasteiger partial charge in [-0.25, -0.2) is 9.78 Å². The van der Waals surface area contributed by atoms with Crippen LogP contribution in [0.4, 0.5) is 0 Å². The molecule has 1 aromatic carbocycles. The van der Waals surface area contributed by atoms with Gasteiger partial charge in [0.05, 0.1) is 17.5 Å². The van der Waals surface area contributed by atoms with Crippen LogP contribution in [0, 0.1) is 6.92 Å². The molecule has 0 amide bonds. The number of fused-ring (bicyclic) bond motifs is 1. The van der Waals surface area contributed by atoms with Crippen LogP contribution >= 0.6 is 0 Å². The number of hydrogen-bond acceptors (Lipinski definition) is 4. The molecule has 0 radical (unpaired) electrons. The van der Waals surface area contributed by atoms with E-state index in [-0.39, 0.29) is 5.97 Å². The van der Waals surface area contributed by atoms with Gasteiger partial charge in [-0.15, -0.1) is 0 Å². The average Bonchev–Trinajstić information content (AvgIpc) is 2.99. The molecule has 5 nitrogen and oxygen atoms in total. The molecule has 1 N–H and O–H groups in total. The summed E-state index contributed by atoms with van der Waals surface area (Å²) in [6.07, 6.45) is 3.93. The van der Waals surface area contributed by atoms with Gasteiger partial charge in [-0.1, -0.05) is 18.2 Å². The number of ether oxygens (including phenoxy) is 1. The zero-order valence-corrected chi connectivity index (χ0v) is 15.7.